The Morgan fingerprint density at radius 3 is 2.47 bits per heavy atom. The van der Waals surface area contributed by atoms with Crippen LogP contribution < -0.4 is 5.32 Å². The average Bonchev–Trinajstić information content (AvgIpc) is 3.22. The molecule has 1 saturated carbocycles. The molecule has 1 saturated heterocycles. The predicted octanol–water partition coefficient (Wildman–Crippen LogP) is 0.224. The van der Waals surface area contributed by atoms with Crippen LogP contribution in [0.15, 0.2) is 0 Å². The smallest absolute Gasteiger partial charge is 0.325 e. The Bertz CT molecular complexity index is 392. The van der Waals surface area contributed by atoms with Gasteiger partial charge in [-0.3, -0.25) is 14.4 Å². The second-order valence-electron chi connectivity index (χ2n) is 5.47. The predicted molar refractivity (Wildman–Crippen MR) is 67.3 cm³/mol. The van der Waals surface area contributed by atoms with E-state index < -0.39 is 12.0 Å². The highest BCUT2D eigenvalue weighted by atomic mass is 16.4. The van der Waals surface area contributed by atoms with Gasteiger partial charge in [0.05, 0.1) is 5.92 Å². The van der Waals surface area contributed by atoms with Gasteiger partial charge in [0.25, 0.3) is 0 Å². The number of carboxylic acid groups (broad SMARTS) is 1. The number of rotatable bonds is 4. The lowest BCUT2D eigenvalue weighted by Crippen LogP contribution is -2.48. The Balaban J connectivity index is 1.87. The summed E-state index contributed by atoms with van der Waals surface area (Å²) in [4.78, 5) is 36.4. The molecule has 0 bridgehead atoms. The summed E-state index contributed by atoms with van der Waals surface area (Å²) in [6.07, 6.45) is 3.44. The lowest BCUT2D eigenvalue weighted by Gasteiger charge is -2.32. The Morgan fingerprint density at radius 1 is 1.21 bits per heavy atom. The van der Waals surface area contributed by atoms with Gasteiger partial charge in [0.1, 0.15) is 6.04 Å². The Morgan fingerprint density at radius 2 is 1.89 bits per heavy atom. The molecule has 6 heteroatoms. The second-order valence-corrected chi connectivity index (χ2v) is 5.47. The van der Waals surface area contributed by atoms with E-state index in [1.165, 1.54) is 6.92 Å². The van der Waals surface area contributed by atoms with E-state index in [2.05, 4.69) is 5.32 Å². The van der Waals surface area contributed by atoms with E-state index in [4.69, 9.17) is 5.11 Å². The van der Waals surface area contributed by atoms with Crippen molar-refractivity contribution < 1.29 is 19.5 Å². The van der Waals surface area contributed by atoms with Crippen LogP contribution in [-0.4, -0.2) is 46.9 Å². The van der Waals surface area contributed by atoms with Crippen molar-refractivity contribution in [3.8, 4) is 0 Å². The molecule has 1 heterocycles. The zero-order chi connectivity index (χ0) is 14.0. The van der Waals surface area contributed by atoms with Crippen molar-refractivity contribution in [3.05, 3.63) is 0 Å². The maximum atomic E-state index is 12.0. The zero-order valence-electron chi connectivity index (χ0n) is 11.1. The van der Waals surface area contributed by atoms with Crippen LogP contribution in [0.4, 0.5) is 0 Å². The molecule has 2 aliphatic rings. The molecule has 2 rings (SSSR count). The van der Waals surface area contributed by atoms with Crippen molar-refractivity contribution in [2.24, 2.45) is 11.8 Å². The summed E-state index contributed by atoms with van der Waals surface area (Å²) in [5.41, 5.74) is 0. The van der Waals surface area contributed by atoms with Gasteiger partial charge >= 0.3 is 5.97 Å². The van der Waals surface area contributed by atoms with Crippen LogP contribution in [-0.2, 0) is 14.4 Å². The molecule has 0 spiro atoms. The number of hydrogen-bond acceptors (Lipinski definition) is 3. The molecule has 2 N–H and O–H groups in total. The van der Waals surface area contributed by atoms with Crippen molar-refractivity contribution in [2.45, 2.75) is 38.6 Å². The number of carboxylic acids is 1. The summed E-state index contributed by atoms with van der Waals surface area (Å²) in [5, 5.41) is 11.2. The molecule has 1 aliphatic carbocycles. The fraction of sp³-hybridized carbons (Fsp3) is 0.769. The van der Waals surface area contributed by atoms with Crippen LogP contribution in [0.25, 0.3) is 0 Å². The van der Waals surface area contributed by atoms with Crippen molar-refractivity contribution in [1.82, 2.24) is 10.2 Å². The Hall–Kier alpha value is -1.59. The molecule has 2 atom stereocenters. The maximum Gasteiger partial charge on any atom is 0.325 e. The van der Waals surface area contributed by atoms with Gasteiger partial charge < -0.3 is 15.3 Å². The molecule has 1 unspecified atom stereocenters. The normalized spacial score (nSPS) is 24.7. The van der Waals surface area contributed by atoms with E-state index in [1.54, 1.807) is 4.90 Å². The average molecular weight is 268 g/mol. The van der Waals surface area contributed by atoms with E-state index in [0.717, 1.165) is 19.3 Å². The molecular formula is C13H20N2O4. The standard InChI is InChI=1S/C13H20N2O4/c1-8(13(18)19)14-11(16)10-3-2-6-15(7-10)12(17)9-4-5-9/h8-10H,2-7H2,1H3,(H,14,16)(H,18,19)/t8-,10?/m0/s1. The quantitative estimate of drug-likeness (QED) is 0.764. The zero-order valence-corrected chi connectivity index (χ0v) is 11.1. The van der Waals surface area contributed by atoms with Crippen LogP contribution in [0.3, 0.4) is 0 Å². The highest BCUT2D eigenvalue weighted by Gasteiger charge is 2.37. The van der Waals surface area contributed by atoms with E-state index in [-0.39, 0.29) is 23.7 Å². The van der Waals surface area contributed by atoms with E-state index in [0.29, 0.717) is 19.5 Å². The van der Waals surface area contributed by atoms with Crippen LogP contribution in [0.1, 0.15) is 32.6 Å². The van der Waals surface area contributed by atoms with Crippen LogP contribution in [0.5, 0.6) is 0 Å². The monoisotopic (exact) mass is 268 g/mol. The fourth-order valence-corrected chi connectivity index (χ4v) is 2.37. The number of hydrogen-bond donors (Lipinski definition) is 2. The molecule has 0 radical (unpaired) electrons. The number of aliphatic carboxylic acids is 1. The van der Waals surface area contributed by atoms with Gasteiger partial charge in [-0.2, -0.15) is 0 Å². The summed E-state index contributed by atoms with van der Waals surface area (Å²) < 4.78 is 0. The Labute approximate surface area is 112 Å². The minimum absolute atomic E-state index is 0.156. The van der Waals surface area contributed by atoms with Crippen LogP contribution in [0, 0.1) is 11.8 Å². The largest absolute Gasteiger partial charge is 0.480 e. The lowest BCUT2D eigenvalue weighted by molar-refractivity contribution is -0.143. The van der Waals surface area contributed by atoms with Gasteiger partial charge in [0.2, 0.25) is 11.8 Å². The topological polar surface area (TPSA) is 86.7 Å². The first-order chi connectivity index (χ1) is 8.99. The van der Waals surface area contributed by atoms with Gasteiger partial charge in [-0.05, 0) is 32.6 Å². The van der Waals surface area contributed by atoms with Gasteiger partial charge in [-0.15, -0.1) is 0 Å². The van der Waals surface area contributed by atoms with Gasteiger partial charge in [0, 0.05) is 19.0 Å². The van der Waals surface area contributed by atoms with Crippen molar-refractivity contribution in [2.75, 3.05) is 13.1 Å². The minimum Gasteiger partial charge on any atom is -0.480 e. The second kappa shape index (κ2) is 5.59. The molecule has 2 amide bonds. The number of likely N-dealkylation sites (tertiary alicyclic amines) is 1. The van der Waals surface area contributed by atoms with Crippen molar-refractivity contribution in [1.29, 1.82) is 0 Å². The number of amides is 2. The number of nitrogens with zero attached hydrogens (tertiary/aromatic N) is 1. The Kier molecular flexibility index (Phi) is 4.07. The molecule has 0 aromatic heterocycles. The highest BCUT2D eigenvalue weighted by Crippen LogP contribution is 2.32. The molecule has 0 aromatic carbocycles. The minimum atomic E-state index is -1.05. The third-order valence-corrected chi connectivity index (χ3v) is 3.76. The van der Waals surface area contributed by atoms with Crippen LogP contribution in [0.2, 0.25) is 0 Å². The molecular weight excluding hydrogens is 248 g/mol. The third-order valence-electron chi connectivity index (χ3n) is 3.76. The highest BCUT2D eigenvalue weighted by molar-refractivity contribution is 5.86. The summed E-state index contributed by atoms with van der Waals surface area (Å²) in [7, 11) is 0. The SMILES string of the molecule is C[C@H](NC(=O)C1CCCN(C(=O)C2CC2)C1)C(=O)O. The first-order valence-corrected chi connectivity index (χ1v) is 6.81. The molecule has 106 valence electrons. The molecule has 2 fully saturated rings. The summed E-state index contributed by atoms with van der Waals surface area (Å²) >= 11 is 0. The van der Waals surface area contributed by atoms with E-state index in [9.17, 15) is 14.4 Å². The van der Waals surface area contributed by atoms with Crippen molar-refractivity contribution in [3.63, 3.8) is 0 Å². The first-order valence-electron chi connectivity index (χ1n) is 6.81. The molecule has 19 heavy (non-hydrogen) atoms. The van der Waals surface area contributed by atoms with Gasteiger partial charge in [-0.1, -0.05) is 0 Å². The molecule has 0 aromatic rings. The summed E-state index contributed by atoms with van der Waals surface area (Å²) in [6, 6.07) is -0.887. The third kappa shape index (κ3) is 3.45. The number of piperidine rings is 1. The van der Waals surface area contributed by atoms with Crippen LogP contribution >= 0.6 is 0 Å². The lowest BCUT2D eigenvalue weighted by atomic mass is 9.96. The van der Waals surface area contributed by atoms with Gasteiger partial charge in [-0.25, -0.2) is 0 Å². The molecule has 1 aliphatic heterocycles. The van der Waals surface area contributed by atoms with E-state index >= 15 is 0 Å². The maximum absolute atomic E-state index is 12.0. The number of carbonyl (C=O) groups is 3. The number of carbonyl (C=O) groups excluding carboxylic acids is 2. The summed E-state index contributed by atoms with van der Waals surface area (Å²) in [6.45, 7) is 2.58. The van der Waals surface area contributed by atoms with Gasteiger partial charge in [0.15, 0.2) is 0 Å². The fourth-order valence-electron chi connectivity index (χ4n) is 2.37. The van der Waals surface area contributed by atoms with Crippen molar-refractivity contribution >= 4 is 17.8 Å². The van der Waals surface area contributed by atoms with E-state index in [1.807, 2.05) is 0 Å². The first kappa shape index (κ1) is 13.8. The molecule has 6 nitrogen and oxygen atoms in total. The summed E-state index contributed by atoms with van der Waals surface area (Å²) in [5.74, 6) is -1.26. The number of nitrogens with one attached hydrogen (secondary N) is 1.